The molecule has 3 rings (SSSR count). The van der Waals surface area contributed by atoms with Crippen LogP contribution in [0, 0.1) is 58.2 Å². The van der Waals surface area contributed by atoms with Gasteiger partial charge < -0.3 is 60.8 Å². The number of carbonyl (C=O) groups excluding carboxylic acids is 4. The molecule has 82 heavy (non-hydrogen) atoms. The van der Waals surface area contributed by atoms with Gasteiger partial charge in [-0.05, 0) is 148 Å². The van der Waals surface area contributed by atoms with E-state index in [1.165, 1.54) is 0 Å². The SMILES string of the molecule is CC(C)(CN)C(N)=O.[2H]C([2H])([2H])Oc1ccc(C[C@@H](C[C@H](N=[N+]=[N-])[C@@H](O)C[C@H](C(=O)NCC(C)(C)C(N)=O)C(C)C)C(C)C)cc1OCCCOC.[2H]C([2H])([2H])Oc1ccc(C[C@@H](C[C@H](N=[N+]=[N-])[C@@H]2C[C@@H](C(C)C)C(=O)O2)C(C)C)cc1OCCCOC. The van der Waals surface area contributed by atoms with Crippen molar-refractivity contribution in [2.45, 2.75) is 159 Å². The largest absolute Gasteiger partial charge is 0.493 e. The van der Waals surface area contributed by atoms with Gasteiger partial charge in [0.05, 0.1) is 70.4 Å². The van der Waals surface area contributed by atoms with Crippen molar-refractivity contribution in [1.82, 2.24) is 5.32 Å². The van der Waals surface area contributed by atoms with Gasteiger partial charge in [-0.2, -0.15) is 0 Å². The number of benzene rings is 2. The highest BCUT2D eigenvalue weighted by molar-refractivity contribution is 5.83. The molecule has 8 atom stereocenters. The first kappa shape index (κ1) is 63.6. The van der Waals surface area contributed by atoms with Gasteiger partial charge in [-0.15, -0.1) is 0 Å². The Kier molecular flexibility index (Phi) is 29.4. The number of rotatable bonds is 36. The average molecular weight is 1160 g/mol. The predicted molar refractivity (Wildman–Crippen MR) is 319 cm³/mol. The summed E-state index contributed by atoms with van der Waals surface area (Å²) < 4.78 is 82.5. The summed E-state index contributed by atoms with van der Waals surface area (Å²) in [5.41, 5.74) is 34.4. The number of nitrogens with one attached hydrogen (secondary N) is 1. The van der Waals surface area contributed by atoms with Gasteiger partial charge >= 0.3 is 5.97 Å². The summed E-state index contributed by atoms with van der Waals surface area (Å²) in [4.78, 5) is 53.5. The molecule has 2 aromatic carbocycles. The fraction of sp³-hybridized carbons (Fsp3) is 0.733. The van der Waals surface area contributed by atoms with Crippen LogP contribution in [0.4, 0.5) is 0 Å². The molecule has 0 spiro atoms. The third kappa shape index (κ3) is 26.1. The van der Waals surface area contributed by atoms with Gasteiger partial charge in [0.25, 0.3) is 0 Å². The van der Waals surface area contributed by atoms with Crippen LogP contribution in [0.1, 0.15) is 141 Å². The highest BCUT2D eigenvalue weighted by Crippen LogP contribution is 2.37. The second-order valence-corrected chi connectivity index (χ2v) is 23.7. The number of amides is 3. The number of carbonyl (C=O) groups is 4. The highest BCUT2D eigenvalue weighted by Gasteiger charge is 2.41. The van der Waals surface area contributed by atoms with E-state index in [2.05, 4.69) is 39.2 Å². The topological polar surface area (TPSA) is 341 Å². The maximum atomic E-state index is 13.1. The first-order valence-corrected chi connectivity index (χ1v) is 28.3. The molecule has 2 aromatic rings. The molecule has 1 aliphatic rings. The number of hydrogen-bond donors (Lipinski definition) is 5. The summed E-state index contributed by atoms with van der Waals surface area (Å²) in [6.07, 6.45) is 2.42. The number of cyclic esters (lactones) is 1. The summed E-state index contributed by atoms with van der Waals surface area (Å²) in [5.74, 6) is -0.801. The average Bonchev–Trinajstić information content (AvgIpc) is 4.06. The number of hydrogen-bond acceptors (Lipinski definition) is 15. The summed E-state index contributed by atoms with van der Waals surface area (Å²) >= 11 is 0. The van der Waals surface area contributed by atoms with E-state index in [0.29, 0.717) is 89.4 Å². The molecule has 8 N–H and O–H groups in total. The number of ether oxygens (including phenoxy) is 7. The molecule has 1 fully saturated rings. The standard InChI is InChI=1S/C30H51N5O6.C25H39N3O5.C5H12N2O/c1-19(2)22(14-21-10-11-26(40-8)27(15-21)41-13-9-12-39-7)16-24(34-35-32)25(36)17-23(20(3)4)28(37)33-18-30(5,6)29(31)38;1-16(2)19(14-21(27-28-26)23-15-20(17(3)4)25(29)33-23)12-18-8-9-22(31-6)24(13-18)32-11-7-10-30-5;1-5(2,3-6)4(7)8/h10-11,15,19-20,22-25,36H,9,12-14,16-18H2,1-8H3,(H2,31,38)(H,33,37);8-9,13,16-17,19-21,23H,7,10-12,14-15H2,1-6H3;3,6H2,1-2H3,(H2,7,8)/t22-,23-,24-,25-;19-,20-,21-,23-;/m00./s1/i8D3;6D3;. The molecule has 0 aromatic heterocycles. The lowest BCUT2D eigenvalue weighted by molar-refractivity contribution is -0.146. The van der Waals surface area contributed by atoms with Gasteiger partial charge in [-0.25, -0.2) is 0 Å². The van der Waals surface area contributed by atoms with Crippen LogP contribution in [0.3, 0.4) is 0 Å². The van der Waals surface area contributed by atoms with Crippen LogP contribution in [-0.4, -0.2) is 121 Å². The Morgan fingerprint density at radius 3 is 1.61 bits per heavy atom. The molecule has 0 bridgehead atoms. The van der Waals surface area contributed by atoms with Crippen LogP contribution in [0.2, 0.25) is 0 Å². The third-order valence-corrected chi connectivity index (χ3v) is 15.0. The Hall–Kier alpha value is -6.02. The van der Waals surface area contributed by atoms with Crippen molar-refractivity contribution in [3.8, 4) is 23.0 Å². The molecular weight excluding hydrogens is 1050 g/mol. The number of azide groups is 2. The molecule has 3 amide bonds. The molecule has 464 valence electrons. The number of nitrogens with two attached hydrogens (primary N) is 3. The van der Waals surface area contributed by atoms with Crippen LogP contribution < -0.4 is 41.5 Å². The van der Waals surface area contributed by atoms with Gasteiger partial charge in [-0.3, -0.25) is 19.2 Å². The lowest BCUT2D eigenvalue weighted by atomic mass is 9.80. The molecule has 22 heteroatoms. The Morgan fingerprint density at radius 2 is 1.23 bits per heavy atom. The maximum Gasteiger partial charge on any atom is 0.309 e. The second kappa shape index (κ2) is 38.0. The number of nitrogens with zero attached hydrogens (tertiary/aromatic N) is 6. The van der Waals surface area contributed by atoms with Gasteiger partial charge in [0.1, 0.15) is 6.10 Å². The lowest BCUT2D eigenvalue weighted by Crippen LogP contribution is -2.45. The number of aliphatic hydroxyl groups is 1. The second-order valence-electron chi connectivity index (χ2n) is 23.7. The monoisotopic (exact) mass is 1160 g/mol. The fourth-order valence-corrected chi connectivity index (χ4v) is 8.76. The highest BCUT2D eigenvalue weighted by atomic mass is 16.6. The Bertz CT molecular complexity index is 2560. The van der Waals surface area contributed by atoms with Crippen LogP contribution >= 0.6 is 0 Å². The Labute approximate surface area is 497 Å². The zero-order chi connectivity index (χ0) is 67.3. The van der Waals surface area contributed by atoms with Crippen molar-refractivity contribution in [1.29, 1.82) is 0 Å². The molecule has 0 aliphatic carbocycles. The lowest BCUT2D eigenvalue weighted by Gasteiger charge is -2.30. The molecule has 22 nitrogen and oxygen atoms in total. The van der Waals surface area contributed by atoms with Crippen molar-refractivity contribution in [3.63, 3.8) is 0 Å². The van der Waals surface area contributed by atoms with Crippen molar-refractivity contribution < 1.29 is 65.7 Å². The van der Waals surface area contributed by atoms with E-state index in [1.807, 2.05) is 47.6 Å². The summed E-state index contributed by atoms with van der Waals surface area (Å²) in [7, 11) is -2.05. The van der Waals surface area contributed by atoms with Gasteiger partial charge in [0.15, 0.2) is 23.0 Å². The summed E-state index contributed by atoms with van der Waals surface area (Å²) in [5, 5.41) is 21.9. The van der Waals surface area contributed by atoms with Crippen LogP contribution in [-0.2, 0) is 46.2 Å². The van der Waals surface area contributed by atoms with Gasteiger partial charge in [0.2, 0.25) is 17.7 Å². The van der Waals surface area contributed by atoms with Crippen LogP contribution in [0.25, 0.3) is 20.9 Å². The fourth-order valence-electron chi connectivity index (χ4n) is 8.76. The van der Waals surface area contributed by atoms with Crippen molar-refractivity contribution in [3.05, 3.63) is 68.4 Å². The van der Waals surface area contributed by atoms with Gasteiger partial charge in [0, 0.05) is 69.1 Å². The van der Waals surface area contributed by atoms with E-state index in [9.17, 15) is 35.3 Å². The smallest absolute Gasteiger partial charge is 0.309 e. The Balaban J connectivity index is 0.000000792. The maximum absolute atomic E-state index is 13.1. The van der Waals surface area contributed by atoms with E-state index in [0.717, 1.165) is 11.1 Å². The number of esters is 1. The zero-order valence-electron chi connectivity index (χ0n) is 57.1. The van der Waals surface area contributed by atoms with Crippen LogP contribution in [0.5, 0.6) is 23.0 Å². The number of primary amides is 2. The zero-order valence-corrected chi connectivity index (χ0v) is 51.1. The first-order valence-electron chi connectivity index (χ1n) is 31.3. The molecule has 0 unspecified atom stereocenters. The van der Waals surface area contributed by atoms with Crippen molar-refractivity contribution in [2.75, 3.05) is 67.8 Å². The minimum absolute atomic E-state index is 0.0430. The summed E-state index contributed by atoms with van der Waals surface area (Å²) in [6.45, 7) is 24.7. The van der Waals surface area contributed by atoms with E-state index in [-0.39, 0.29) is 83.7 Å². The minimum Gasteiger partial charge on any atom is -0.493 e. The normalized spacial score (nSPS) is 17.8. The molecule has 0 saturated carbocycles. The number of methoxy groups -OCH3 is 4. The predicted octanol–water partition coefficient (Wildman–Crippen LogP) is 9.68. The number of aliphatic hydroxyl groups excluding tert-OH is 1. The molecule has 0 radical (unpaired) electrons. The first-order chi connectivity index (χ1) is 40.9. The van der Waals surface area contributed by atoms with Crippen LogP contribution in [0.15, 0.2) is 46.6 Å². The van der Waals surface area contributed by atoms with E-state index in [1.54, 1.807) is 72.2 Å². The van der Waals surface area contributed by atoms with E-state index >= 15 is 0 Å². The molecular formula is C60H102N10O12. The molecule has 1 aliphatic heterocycles. The third-order valence-electron chi connectivity index (χ3n) is 15.0. The van der Waals surface area contributed by atoms with Gasteiger partial charge in [-0.1, -0.05) is 77.8 Å². The molecule has 1 heterocycles. The van der Waals surface area contributed by atoms with Crippen molar-refractivity contribution in [2.24, 2.45) is 85.6 Å². The van der Waals surface area contributed by atoms with E-state index < -0.39 is 61.0 Å². The van der Waals surface area contributed by atoms with E-state index in [4.69, 9.17) is 58.6 Å². The van der Waals surface area contributed by atoms with Crippen molar-refractivity contribution >= 4 is 23.7 Å². The molecule has 1 saturated heterocycles. The quantitative estimate of drug-likeness (QED) is 0.0140. The Morgan fingerprint density at radius 1 is 0.744 bits per heavy atom. The minimum atomic E-state index is -2.64. The summed E-state index contributed by atoms with van der Waals surface area (Å²) in [6, 6.07) is 9.06.